The Kier molecular flexibility index (Phi) is 6.68. The highest BCUT2D eigenvalue weighted by Crippen LogP contribution is 2.19. The summed E-state index contributed by atoms with van der Waals surface area (Å²) in [6.45, 7) is 4.85. The molecule has 0 bridgehead atoms. The molecule has 4 nitrogen and oxygen atoms in total. The second-order valence-electron chi connectivity index (χ2n) is 6.76. The van der Waals surface area contributed by atoms with Gasteiger partial charge in [0.25, 0.3) is 0 Å². The monoisotopic (exact) mass is 374 g/mol. The molecule has 1 amide bonds. The van der Waals surface area contributed by atoms with Gasteiger partial charge in [0, 0.05) is 23.9 Å². The first kappa shape index (κ1) is 19.5. The number of benzene rings is 3. The number of rotatable bonds is 8. The van der Waals surface area contributed by atoms with E-state index < -0.39 is 0 Å². The quantitative estimate of drug-likeness (QED) is 0.585. The van der Waals surface area contributed by atoms with Gasteiger partial charge >= 0.3 is 0 Å². The number of amides is 1. The van der Waals surface area contributed by atoms with Crippen molar-refractivity contribution >= 4 is 17.3 Å². The third-order valence-electron chi connectivity index (χ3n) is 4.67. The van der Waals surface area contributed by atoms with E-state index in [0.29, 0.717) is 6.61 Å². The summed E-state index contributed by atoms with van der Waals surface area (Å²) in [5, 5.41) is 6.11. The lowest BCUT2D eigenvalue weighted by atomic mass is 10.1. The molecule has 144 valence electrons. The highest BCUT2D eigenvalue weighted by Gasteiger charge is 2.06. The van der Waals surface area contributed by atoms with Crippen molar-refractivity contribution in [2.75, 3.05) is 23.8 Å². The van der Waals surface area contributed by atoms with Crippen molar-refractivity contribution in [3.05, 3.63) is 89.5 Å². The van der Waals surface area contributed by atoms with Crippen LogP contribution in [0.5, 0.6) is 5.75 Å². The van der Waals surface area contributed by atoms with Crippen molar-refractivity contribution in [2.24, 2.45) is 0 Å². The van der Waals surface area contributed by atoms with E-state index in [1.165, 1.54) is 5.56 Å². The number of aryl methyl sites for hydroxylation is 1. The zero-order valence-corrected chi connectivity index (χ0v) is 16.4. The first-order chi connectivity index (χ1) is 13.6. The summed E-state index contributed by atoms with van der Waals surface area (Å²) in [4.78, 5) is 12.3. The van der Waals surface area contributed by atoms with Gasteiger partial charge in [-0.15, -0.1) is 0 Å². The van der Waals surface area contributed by atoms with E-state index in [-0.39, 0.29) is 12.5 Å². The van der Waals surface area contributed by atoms with Gasteiger partial charge in [0.1, 0.15) is 5.75 Å². The van der Waals surface area contributed by atoms with Crippen molar-refractivity contribution < 1.29 is 9.53 Å². The van der Waals surface area contributed by atoms with Crippen molar-refractivity contribution in [1.29, 1.82) is 0 Å². The van der Waals surface area contributed by atoms with Crippen LogP contribution in [0.1, 0.15) is 16.7 Å². The maximum Gasteiger partial charge on any atom is 0.243 e. The summed E-state index contributed by atoms with van der Waals surface area (Å²) >= 11 is 0. The van der Waals surface area contributed by atoms with Gasteiger partial charge in [-0.1, -0.05) is 48.5 Å². The normalized spacial score (nSPS) is 10.4. The number of hydrogen-bond donors (Lipinski definition) is 2. The van der Waals surface area contributed by atoms with Crippen LogP contribution in [0.25, 0.3) is 0 Å². The topological polar surface area (TPSA) is 50.4 Å². The number of hydrogen-bond acceptors (Lipinski definition) is 3. The van der Waals surface area contributed by atoms with Gasteiger partial charge < -0.3 is 15.4 Å². The molecule has 0 atom stereocenters. The number of carbonyl (C=O) groups excluding carboxylic acids is 1. The van der Waals surface area contributed by atoms with Crippen LogP contribution in [0.15, 0.2) is 72.8 Å². The van der Waals surface area contributed by atoms with Gasteiger partial charge in [-0.05, 0) is 48.7 Å². The third kappa shape index (κ3) is 5.61. The molecule has 0 spiro atoms. The Labute approximate surface area is 166 Å². The molecule has 3 aromatic carbocycles. The average Bonchev–Trinajstić information content (AvgIpc) is 2.71. The molecule has 0 fully saturated rings. The Hall–Kier alpha value is -3.27. The summed E-state index contributed by atoms with van der Waals surface area (Å²) < 4.78 is 5.84. The van der Waals surface area contributed by atoms with Crippen LogP contribution in [-0.2, 0) is 11.2 Å². The molecule has 0 heterocycles. The van der Waals surface area contributed by atoms with Gasteiger partial charge in [0.05, 0.1) is 13.2 Å². The predicted octanol–water partition coefficient (Wildman–Crippen LogP) is 4.98. The van der Waals surface area contributed by atoms with Gasteiger partial charge in [0.15, 0.2) is 0 Å². The predicted molar refractivity (Wildman–Crippen MR) is 115 cm³/mol. The first-order valence-corrected chi connectivity index (χ1v) is 9.48. The molecule has 0 aromatic heterocycles. The number of carbonyl (C=O) groups is 1. The molecule has 0 saturated heterocycles. The first-order valence-electron chi connectivity index (χ1n) is 9.48. The van der Waals surface area contributed by atoms with E-state index in [4.69, 9.17) is 4.74 Å². The minimum atomic E-state index is -0.0795. The van der Waals surface area contributed by atoms with E-state index in [2.05, 4.69) is 22.8 Å². The molecule has 0 aliphatic heterocycles. The zero-order chi connectivity index (χ0) is 19.8. The highest BCUT2D eigenvalue weighted by atomic mass is 16.5. The Morgan fingerprint density at radius 3 is 2.54 bits per heavy atom. The molecule has 28 heavy (non-hydrogen) atoms. The fourth-order valence-electron chi connectivity index (χ4n) is 2.89. The fraction of sp³-hybridized carbons (Fsp3) is 0.208. The summed E-state index contributed by atoms with van der Waals surface area (Å²) in [6.07, 6.45) is 0.858. The van der Waals surface area contributed by atoms with Gasteiger partial charge in [0.2, 0.25) is 5.91 Å². The van der Waals surface area contributed by atoms with Crippen LogP contribution < -0.4 is 15.4 Å². The summed E-state index contributed by atoms with van der Waals surface area (Å²) in [7, 11) is 0. The molecular weight excluding hydrogens is 348 g/mol. The van der Waals surface area contributed by atoms with Crippen molar-refractivity contribution in [3.63, 3.8) is 0 Å². The summed E-state index contributed by atoms with van der Waals surface area (Å²) in [6, 6.07) is 23.8. The standard InChI is InChI=1S/C24H26N2O2/c1-18-8-6-13-23(19(18)2)26-24(27)17-25-21-11-7-12-22(16-21)28-15-14-20-9-4-3-5-10-20/h3-13,16,25H,14-15,17H2,1-2H3,(H,26,27). The smallest absolute Gasteiger partial charge is 0.243 e. The second-order valence-corrected chi connectivity index (χ2v) is 6.76. The lowest BCUT2D eigenvalue weighted by molar-refractivity contribution is -0.114. The number of anilines is 2. The van der Waals surface area contributed by atoms with Crippen LogP contribution in [0.4, 0.5) is 11.4 Å². The molecule has 0 unspecified atom stereocenters. The lowest BCUT2D eigenvalue weighted by Crippen LogP contribution is -2.22. The minimum Gasteiger partial charge on any atom is -0.493 e. The molecule has 0 aliphatic carbocycles. The molecule has 3 aromatic rings. The fourth-order valence-corrected chi connectivity index (χ4v) is 2.89. The van der Waals surface area contributed by atoms with Crippen LogP contribution >= 0.6 is 0 Å². The molecule has 0 saturated carbocycles. The largest absolute Gasteiger partial charge is 0.493 e. The van der Waals surface area contributed by atoms with E-state index in [1.807, 2.05) is 74.5 Å². The van der Waals surface area contributed by atoms with Crippen LogP contribution in [0.3, 0.4) is 0 Å². The zero-order valence-electron chi connectivity index (χ0n) is 16.4. The number of ether oxygens (including phenoxy) is 1. The molecule has 4 heteroatoms. The Bertz CT molecular complexity index is 923. The Morgan fingerprint density at radius 1 is 0.929 bits per heavy atom. The highest BCUT2D eigenvalue weighted by molar-refractivity contribution is 5.94. The second kappa shape index (κ2) is 9.60. The van der Waals surface area contributed by atoms with Crippen molar-refractivity contribution in [1.82, 2.24) is 0 Å². The van der Waals surface area contributed by atoms with Crippen LogP contribution in [0, 0.1) is 13.8 Å². The summed E-state index contributed by atoms with van der Waals surface area (Å²) in [5.41, 5.74) is 5.20. The van der Waals surface area contributed by atoms with E-state index in [1.54, 1.807) is 0 Å². The van der Waals surface area contributed by atoms with Crippen LogP contribution in [-0.4, -0.2) is 19.1 Å². The van der Waals surface area contributed by atoms with E-state index in [0.717, 1.165) is 34.7 Å². The summed E-state index contributed by atoms with van der Waals surface area (Å²) in [5.74, 6) is 0.708. The van der Waals surface area contributed by atoms with Crippen molar-refractivity contribution in [2.45, 2.75) is 20.3 Å². The average molecular weight is 374 g/mol. The van der Waals surface area contributed by atoms with Gasteiger partial charge in [-0.3, -0.25) is 4.79 Å². The maximum atomic E-state index is 12.3. The van der Waals surface area contributed by atoms with Gasteiger partial charge in [-0.25, -0.2) is 0 Å². The third-order valence-corrected chi connectivity index (χ3v) is 4.67. The Balaban J connectivity index is 1.48. The minimum absolute atomic E-state index is 0.0795. The molecule has 2 N–H and O–H groups in total. The van der Waals surface area contributed by atoms with Crippen LogP contribution in [0.2, 0.25) is 0 Å². The molecular formula is C24H26N2O2. The molecule has 0 radical (unpaired) electrons. The van der Waals surface area contributed by atoms with E-state index >= 15 is 0 Å². The Morgan fingerprint density at radius 2 is 1.71 bits per heavy atom. The number of nitrogens with one attached hydrogen (secondary N) is 2. The van der Waals surface area contributed by atoms with Crippen molar-refractivity contribution in [3.8, 4) is 5.75 Å². The van der Waals surface area contributed by atoms with E-state index in [9.17, 15) is 4.79 Å². The molecule has 3 rings (SSSR count). The molecule has 0 aliphatic rings. The SMILES string of the molecule is Cc1cccc(NC(=O)CNc2cccc(OCCc3ccccc3)c2)c1C. The lowest BCUT2D eigenvalue weighted by Gasteiger charge is -2.12. The van der Waals surface area contributed by atoms with Gasteiger partial charge in [-0.2, -0.15) is 0 Å². The maximum absolute atomic E-state index is 12.3.